The number of pyridine rings is 1. The maximum Gasteiger partial charge on any atom is 0.225 e. The number of nitrogens with one attached hydrogen (secondary N) is 1. The van der Waals surface area contributed by atoms with Crippen LogP contribution in [-0.2, 0) is 17.9 Å². The first-order valence-electron chi connectivity index (χ1n) is 8.71. The molecule has 1 aliphatic heterocycles. The van der Waals surface area contributed by atoms with Crippen LogP contribution in [0.1, 0.15) is 32.0 Å². The fraction of sp³-hybridized carbons (Fsp3) is 0.500. The molecule has 3 rings (SSSR count). The van der Waals surface area contributed by atoms with E-state index in [1.54, 1.807) is 12.4 Å². The molecule has 0 saturated carbocycles. The molecule has 1 aliphatic rings. The zero-order chi connectivity index (χ0) is 16.8. The van der Waals surface area contributed by atoms with E-state index in [0.29, 0.717) is 6.54 Å². The van der Waals surface area contributed by atoms with Gasteiger partial charge in [-0.1, -0.05) is 13.0 Å². The molecule has 3 heterocycles. The van der Waals surface area contributed by atoms with Crippen LogP contribution in [0.3, 0.4) is 0 Å². The normalized spacial score (nSPS) is 17.7. The molecule has 0 radical (unpaired) electrons. The number of anilines is 1. The van der Waals surface area contributed by atoms with E-state index in [9.17, 15) is 4.79 Å². The van der Waals surface area contributed by atoms with Crippen LogP contribution < -0.4 is 10.2 Å². The molecule has 0 unspecified atom stereocenters. The Hall–Kier alpha value is -2.37. The lowest BCUT2D eigenvalue weighted by atomic mass is 9.97. The second-order valence-corrected chi connectivity index (χ2v) is 6.23. The topological polar surface area (TPSA) is 63.1 Å². The van der Waals surface area contributed by atoms with Crippen LogP contribution >= 0.6 is 0 Å². The van der Waals surface area contributed by atoms with E-state index in [1.165, 1.54) is 0 Å². The van der Waals surface area contributed by atoms with Gasteiger partial charge >= 0.3 is 0 Å². The summed E-state index contributed by atoms with van der Waals surface area (Å²) >= 11 is 0. The highest BCUT2D eigenvalue weighted by atomic mass is 16.1. The summed E-state index contributed by atoms with van der Waals surface area (Å²) in [6.07, 6.45) is 8.55. The first kappa shape index (κ1) is 16.5. The smallest absolute Gasteiger partial charge is 0.225 e. The lowest BCUT2D eigenvalue weighted by Crippen LogP contribution is -2.43. The molecule has 1 saturated heterocycles. The minimum absolute atomic E-state index is 0.00958. The lowest BCUT2D eigenvalue weighted by molar-refractivity contribution is -0.125. The zero-order valence-electron chi connectivity index (χ0n) is 14.2. The molecule has 24 heavy (non-hydrogen) atoms. The largest absolute Gasteiger partial charge is 0.356 e. The highest BCUT2D eigenvalue weighted by Crippen LogP contribution is 2.21. The summed E-state index contributed by atoms with van der Waals surface area (Å²) in [5, 5.41) is 3.06. The third-order valence-electron chi connectivity index (χ3n) is 4.45. The number of carbonyl (C=O) groups is 1. The fourth-order valence-electron chi connectivity index (χ4n) is 3.20. The van der Waals surface area contributed by atoms with Crippen molar-refractivity contribution in [3.8, 4) is 0 Å². The summed E-state index contributed by atoms with van der Waals surface area (Å²) < 4.78 is 2.10. The van der Waals surface area contributed by atoms with Gasteiger partial charge in [-0.2, -0.15) is 0 Å². The van der Waals surface area contributed by atoms with Gasteiger partial charge in [0.25, 0.3) is 0 Å². The Morgan fingerprint density at radius 2 is 2.25 bits per heavy atom. The maximum absolute atomic E-state index is 12.5. The quantitative estimate of drug-likeness (QED) is 0.884. The van der Waals surface area contributed by atoms with E-state index >= 15 is 0 Å². The third-order valence-corrected chi connectivity index (χ3v) is 4.45. The van der Waals surface area contributed by atoms with Crippen molar-refractivity contribution in [1.29, 1.82) is 0 Å². The standard InChI is InChI=1S/C18H25N5O/c1-2-10-22-12-9-20-17(22)13-21-18(24)15-6-5-11-23(14-15)16-7-3-4-8-19-16/h3-4,7-9,12,15H,2,5-6,10-11,13-14H2,1H3,(H,21,24)/t15-/m1/s1. The molecule has 1 N–H and O–H groups in total. The number of aromatic nitrogens is 3. The molecule has 0 aromatic carbocycles. The van der Waals surface area contributed by atoms with Gasteiger partial charge in [0.1, 0.15) is 11.6 Å². The van der Waals surface area contributed by atoms with Gasteiger partial charge in [-0.3, -0.25) is 4.79 Å². The van der Waals surface area contributed by atoms with Crippen molar-refractivity contribution in [2.75, 3.05) is 18.0 Å². The van der Waals surface area contributed by atoms with Gasteiger partial charge in [-0.25, -0.2) is 9.97 Å². The van der Waals surface area contributed by atoms with Crippen molar-refractivity contribution < 1.29 is 4.79 Å². The zero-order valence-corrected chi connectivity index (χ0v) is 14.2. The molecule has 6 nitrogen and oxygen atoms in total. The van der Waals surface area contributed by atoms with E-state index in [2.05, 4.69) is 31.7 Å². The number of hydrogen-bond acceptors (Lipinski definition) is 4. The van der Waals surface area contributed by atoms with Gasteiger partial charge in [0.05, 0.1) is 12.5 Å². The van der Waals surface area contributed by atoms with Crippen LogP contribution in [0.25, 0.3) is 0 Å². The van der Waals surface area contributed by atoms with E-state index in [1.807, 2.05) is 24.4 Å². The molecule has 6 heteroatoms. The Bertz CT molecular complexity index is 654. The molecule has 0 spiro atoms. The average Bonchev–Trinajstić information content (AvgIpc) is 3.08. The lowest BCUT2D eigenvalue weighted by Gasteiger charge is -2.32. The number of amides is 1. The van der Waals surface area contributed by atoms with Gasteiger partial charge in [-0.15, -0.1) is 0 Å². The predicted molar refractivity (Wildman–Crippen MR) is 93.5 cm³/mol. The molecule has 1 atom stereocenters. The van der Waals surface area contributed by atoms with Crippen molar-refractivity contribution in [3.05, 3.63) is 42.6 Å². The van der Waals surface area contributed by atoms with E-state index in [0.717, 1.165) is 50.5 Å². The monoisotopic (exact) mass is 327 g/mol. The summed E-state index contributed by atoms with van der Waals surface area (Å²) in [7, 11) is 0. The highest BCUT2D eigenvalue weighted by molar-refractivity contribution is 5.79. The Morgan fingerprint density at radius 1 is 1.33 bits per heavy atom. The van der Waals surface area contributed by atoms with Crippen LogP contribution in [-0.4, -0.2) is 33.5 Å². The van der Waals surface area contributed by atoms with E-state index in [-0.39, 0.29) is 11.8 Å². The Labute approximate surface area is 142 Å². The molecular weight excluding hydrogens is 302 g/mol. The van der Waals surface area contributed by atoms with E-state index in [4.69, 9.17) is 0 Å². The summed E-state index contributed by atoms with van der Waals surface area (Å²) in [5.41, 5.74) is 0. The molecule has 0 aliphatic carbocycles. The Kier molecular flexibility index (Phi) is 5.46. The number of piperidine rings is 1. The van der Waals surface area contributed by atoms with Crippen LogP contribution in [0.2, 0.25) is 0 Å². The second-order valence-electron chi connectivity index (χ2n) is 6.23. The number of nitrogens with zero attached hydrogens (tertiary/aromatic N) is 4. The molecule has 1 fully saturated rings. The fourth-order valence-corrected chi connectivity index (χ4v) is 3.20. The maximum atomic E-state index is 12.5. The second kappa shape index (κ2) is 7.95. The first-order valence-corrected chi connectivity index (χ1v) is 8.71. The van der Waals surface area contributed by atoms with Gasteiger partial charge < -0.3 is 14.8 Å². The van der Waals surface area contributed by atoms with Crippen molar-refractivity contribution in [2.24, 2.45) is 5.92 Å². The highest BCUT2D eigenvalue weighted by Gasteiger charge is 2.26. The number of hydrogen-bond donors (Lipinski definition) is 1. The average molecular weight is 327 g/mol. The van der Waals surface area contributed by atoms with Crippen LogP contribution in [0, 0.1) is 5.92 Å². The number of imidazole rings is 1. The summed E-state index contributed by atoms with van der Waals surface area (Å²) in [5.74, 6) is 1.99. The first-order chi connectivity index (χ1) is 11.8. The van der Waals surface area contributed by atoms with Gasteiger partial charge in [-0.05, 0) is 31.4 Å². The molecule has 2 aromatic rings. The molecule has 1 amide bonds. The van der Waals surface area contributed by atoms with Crippen molar-refractivity contribution in [2.45, 2.75) is 39.3 Å². The molecule has 2 aromatic heterocycles. The molecule has 0 bridgehead atoms. The van der Waals surface area contributed by atoms with Crippen molar-refractivity contribution in [1.82, 2.24) is 19.9 Å². The van der Waals surface area contributed by atoms with Gasteiger partial charge in [0.15, 0.2) is 0 Å². The Morgan fingerprint density at radius 3 is 3.04 bits per heavy atom. The third kappa shape index (κ3) is 3.93. The Balaban J connectivity index is 1.56. The van der Waals surface area contributed by atoms with Gasteiger partial charge in [0, 0.05) is 38.2 Å². The minimum Gasteiger partial charge on any atom is -0.356 e. The number of rotatable bonds is 6. The van der Waals surface area contributed by atoms with Crippen LogP contribution in [0.4, 0.5) is 5.82 Å². The predicted octanol–water partition coefficient (Wildman–Crippen LogP) is 2.22. The summed E-state index contributed by atoms with van der Waals surface area (Å²) in [6, 6.07) is 5.90. The SMILES string of the molecule is CCCn1ccnc1CNC(=O)[C@@H]1CCCN(c2ccccn2)C1. The number of carbonyl (C=O) groups excluding carboxylic acids is 1. The van der Waals surface area contributed by atoms with Crippen LogP contribution in [0.15, 0.2) is 36.8 Å². The van der Waals surface area contributed by atoms with Crippen LogP contribution in [0.5, 0.6) is 0 Å². The van der Waals surface area contributed by atoms with E-state index < -0.39 is 0 Å². The van der Waals surface area contributed by atoms with Crippen molar-refractivity contribution >= 4 is 11.7 Å². The summed E-state index contributed by atoms with van der Waals surface area (Å²) in [4.78, 5) is 23.5. The molecule has 128 valence electrons. The van der Waals surface area contributed by atoms with Gasteiger partial charge in [0.2, 0.25) is 5.91 Å². The summed E-state index contributed by atoms with van der Waals surface area (Å²) in [6.45, 7) is 5.25. The van der Waals surface area contributed by atoms with Crippen molar-refractivity contribution in [3.63, 3.8) is 0 Å². The minimum atomic E-state index is 0.00958. The number of aryl methyl sites for hydroxylation is 1. The molecular formula is C18H25N5O.